The Kier molecular flexibility index (Phi) is 11.5. The molecule has 0 spiro atoms. The van der Waals surface area contributed by atoms with Gasteiger partial charge in [-0.2, -0.15) is 0 Å². The maximum atomic E-state index is 5.81. The van der Waals surface area contributed by atoms with Crippen LogP contribution in [0.15, 0.2) is 29.3 Å². The minimum Gasteiger partial charge on any atom is -0.491 e. The van der Waals surface area contributed by atoms with E-state index in [9.17, 15) is 0 Å². The second-order valence-electron chi connectivity index (χ2n) is 7.73. The summed E-state index contributed by atoms with van der Waals surface area (Å²) in [5, 5.41) is 6.72. The van der Waals surface area contributed by atoms with Gasteiger partial charge in [-0.05, 0) is 70.1 Å². The maximum absolute atomic E-state index is 5.81. The number of rotatable bonds is 12. The van der Waals surface area contributed by atoms with Crippen LogP contribution in [0.4, 0.5) is 0 Å². The van der Waals surface area contributed by atoms with Crippen molar-refractivity contribution in [1.82, 2.24) is 10.6 Å². The van der Waals surface area contributed by atoms with E-state index < -0.39 is 0 Å². The molecular formula is C23H39N3O3. The van der Waals surface area contributed by atoms with E-state index in [0.29, 0.717) is 5.92 Å². The smallest absolute Gasteiger partial charge is 0.191 e. The first-order valence-electron chi connectivity index (χ1n) is 11.1. The number of nitrogens with zero attached hydrogens (tertiary/aromatic N) is 1. The number of ether oxygens (including phenoxy) is 3. The van der Waals surface area contributed by atoms with E-state index in [-0.39, 0.29) is 6.10 Å². The number of nitrogens with one attached hydrogen (secondary N) is 2. The quantitative estimate of drug-likeness (QED) is 0.317. The summed E-state index contributed by atoms with van der Waals surface area (Å²) in [4.78, 5) is 4.65. The largest absolute Gasteiger partial charge is 0.491 e. The highest BCUT2D eigenvalue weighted by atomic mass is 16.5. The topological polar surface area (TPSA) is 64.1 Å². The number of guanidine groups is 1. The van der Waals surface area contributed by atoms with Crippen LogP contribution in [0.2, 0.25) is 0 Å². The molecule has 1 aromatic rings. The second-order valence-corrected chi connectivity index (χ2v) is 7.73. The van der Waals surface area contributed by atoms with Gasteiger partial charge in [-0.1, -0.05) is 12.1 Å². The molecule has 0 unspecified atom stereocenters. The molecule has 0 radical (unpaired) electrons. The standard InChI is InChI=1S/C23H39N3O3/c1-4-24-23(25-13-5-15-28-18-21-11-16-27-17-12-21)26-14-10-20-6-8-22(9-7-20)29-19(2)3/h6-9,19,21H,4-5,10-18H2,1-3H3,(H2,24,25,26). The van der Waals surface area contributed by atoms with Crippen molar-refractivity contribution in [2.45, 2.75) is 52.6 Å². The molecule has 0 aromatic heterocycles. The van der Waals surface area contributed by atoms with Crippen LogP contribution in [0, 0.1) is 5.92 Å². The van der Waals surface area contributed by atoms with Gasteiger partial charge >= 0.3 is 0 Å². The van der Waals surface area contributed by atoms with Gasteiger partial charge in [0, 0.05) is 46.1 Å². The Labute approximate surface area is 176 Å². The molecule has 164 valence electrons. The van der Waals surface area contributed by atoms with Crippen molar-refractivity contribution in [3.8, 4) is 5.75 Å². The molecule has 0 saturated carbocycles. The molecule has 2 N–H and O–H groups in total. The third-order valence-corrected chi connectivity index (χ3v) is 4.76. The third-order valence-electron chi connectivity index (χ3n) is 4.76. The summed E-state index contributed by atoms with van der Waals surface area (Å²) in [6, 6.07) is 8.32. The molecule has 0 bridgehead atoms. The molecule has 1 saturated heterocycles. The molecule has 2 rings (SSSR count). The summed E-state index contributed by atoms with van der Waals surface area (Å²) in [6.07, 6.45) is 4.34. The molecule has 6 nitrogen and oxygen atoms in total. The zero-order valence-electron chi connectivity index (χ0n) is 18.4. The van der Waals surface area contributed by atoms with Crippen LogP contribution in [0.5, 0.6) is 5.75 Å². The van der Waals surface area contributed by atoms with E-state index in [0.717, 1.165) is 83.5 Å². The Hall–Kier alpha value is -1.79. The second kappa shape index (κ2) is 14.2. The zero-order chi connectivity index (χ0) is 20.7. The normalized spacial score (nSPS) is 15.5. The molecule has 1 aromatic carbocycles. The summed E-state index contributed by atoms with van der Waals surface area (Å²) >= 11 is 0. The van der Waals surface area contributed by atoms with Crippen molar-refractivity contribution in [3.05, 3.63) is 29.8 Å². The van der Waals surface area contributed by atoms with Gasteiger partial charge < -0.3 is 24.8 Å². The Morgan fingerprint density at radius 3 is 2.62 bits per heavy atom. The minimum atomic E-state index is 0.202. The highest BCUT2D eigenvalue weighted by molar-refractivity contribution is 5.79. The van der Waals surface area contributed by atoms with Crippen LogP contribution >= 0.6 is 0 Å². The zero-order valence-corrected chi connectivity index (χ0v) is 18.4. The maximum Gasteiger partial charge on any atom is 0.191 e. The van der Waals surface area contributed by atoms with Crippen LogP contribution in [-0.2, 0) is 15.9 Å². The highest BCUT2D eigenvalue weighted by Crippen LogP contribution is 2.15. The fourth-order valence-electron chi connectivity index (χ4n) is 3.19. The summed E-state index contributed by atoms with van der Waals surface area (Å²) < 4.78 is 16.9. The minimum absolute atomic E-state index is 0.202. The lowest BCUT2D eigenvalue weighted by Gasteiger charge is -2.21. The van der Waals surface area contributed by atoms with Crippen molar-refractivity contribution in [2.75, 3.05) is 46.1 Å². The van der Waals surface area contributed by atoms with Crippen LogP contribution in [0.1, 0.15) is 45.6 Å². The lowest BCUT2D eigenvalue weighted by Crippen LogP contribution is -2.38. The van der Waals surface area contributed by atoms with E-state index in [1.165, 1.54) is 5.56 Å². The molecule has 6 heteroatoms. The molecule has 0 aliphatic carbocycles. The van der Waals surface area contributed by atoms with Gasteiger partial charge in [-0.3, -0.25) is 4.99 Å². The van der Waals surface area contributed by atoms with Gasteiger partial charge in [0.15, 0.2) is 5.96 Å². The number of hydrogen-bond donors (Lipinski definition) is 2. The van der Waals surface area contributed by atoms with Crippen molar-refractivity contribution < 1.29 is 14.2 Å². The van der Waals surface area contributed by atoms with Gasteiger partial charge in [-0.15, -0.1) is 0 Å². The molecule has 29 heavy (non-hydrogen) atoms. The summed E-state index contributed by atoms with van der Waals surface area (Å²) in [5.41, 5.74) is 1.28. The molecule has 0 atom stereocenters. The number of aliphatic imine (C=N–C) groups is 1. The average molecular weight is 406 g/mol. The SMILES string of the molecule is CCNC(=NCCCOCC1CCOCC1)NCCc1ccc(OC(C)C)cc1. The molecule has 1 fully saturated rings. The number of hydrogen-bond acceptors (Lipinski definition) is 4. The first kappa shape index (κ1) is 23.5. The molecule has 0 amide bonds. The van der Waals surface area contributed by atoms with Crippen molar-refractivity contribution in [1.29, 1.82) is 0 Å². The first-order chi connectivity index (χ1) is 14.2. The van der Waals surface area contributed by atoms with E-state index in [1.807, 2.05) is 26.0 Å². The summed E-state index contributed by atoms with van der Waals surface area (Å²) in [7, 11) is 0. The lowest BCUT2D eigenvalue weighted by atomic mass is 10.0. The van der Waals surface area contributed by atoms with E-state index in [1.54, 1.807) is 0 Å². The van der Waals surface area contributed by atoms with Gasteiger partial charge in [0.2, 0.25) is 0 Å². The third kappa shape index (κ3) is 10.5. The Balaban J connectivity index is 1.61. The van der Waals surface area contributed by atoms with Gasteiger partial charge in [0.25, 0.3) is 0 Å². The van der Waals surface area contributed by atoms with Crippen LogP contribution < -0.4 is 15.4 Å². The van der Waals surface area contributed by atoms with Crippen molar-refractivity contribution in [2.24, 2.45) is 10.9 Å². The van der Waals surface area contributed by atoms with Gasteiger partial charge in [0.05, 0.1) is 6.10 Å². The van der Waals surface area contributed by atoms with E-state index in [4.69, 9.17) is 14.2 Å². The lowest BCUT2D eigenvalue weighted by molar-refractivity contribution is 0.0205. The summed E-state index contributed by atoms with van der Waals surface area (Å²) in [6.45, 7) is 12.0. The fourth-order valence-corrected chi connectivity index (χ4v) is 3.19. The molecule has 1 heterocycles. The van der Waals surface area contributed by atoms with E-state index in [2.05, 4.69) is 34.7 Å². The Morgan fingerprint density at radius 1 is 1.17 bits per heavy atom. The van der Waals surface area contributed by atoms with E-state index >= 15 is 0 Å². The van der Waals surface area contributed by atoms with Gasteiger partial charge in [0.1, 0.15) is 5.75 Å². The monoisotopic (exact) mass is 405 g/mol. The average Bonchev–Trinajstić information content (AvgIpc) is 2.72. The Bertz CT molecular complexity index is 569. The van der Waals surface area contributed by atoms with Gasteiger partial charge in [-0.25, -0.2) is 0 Å². The predicted molar refractivity (Wildman–Crippen MR) is 119 cm³/mol. The van der Waals surface area contributed by atoms with Crippen molar-refractivity contribution in [3.63, 3.8) is 0 Å². The molecular weight excluding hydrogens is 366 g/mol. The van der Waals surface area contributed by atoms with Crippen molar-refractivity contribution >= 4 is 5.96 Å². The van der Waals surface area contributed by atoms with Crippen LogP contribution in [0.25, 0.3) is 0 Å². The predicted octanol–water partition coefficient (Wildman–Crippen LogP) is 3.40. The summed E-state index contributed by atoms with van der Waals surface area (Å²) in [5.74, 6) is 2.46. The fraction of sp³-hybridized carbons (Fsp3) is 0.696. The molecule has 1 aliphatic heterocycles. The highest BCUT2D eigenvalue weighted by Gasteiger charge is 2.13. The van der Waals surface area contributed by atoms with Crippen LogP contribution in [-0.4, -0.2) is 58.1 Å². The van der Waals surface area contributed by atoms with Crippen LogP contribution in [0.3, 0.4) is 0 Å². The number of benzene rings is 1. The first-order valence-corrected chi connectivity index (χ1v) is 11.1. The molecule has 1 aliphatic rings. The Morgan fingerprint density at radius 2 is 1.93 bits per heavy atom.